The highest BCUT2D eigenvalue weighted by molar-refractivity contribution is 6.02. The number of amides is 1. The number of hydrogen-bond acceptors (Lipinski definition) is 4. The average molecular weight is 471 g/mol. The van der Waals surface area contributed by atoms with Crippen LogP contribution in [0.3, 0.4) is 0 Å². The molecule has 3 aromatic carbocycles. The Labute approximate surface area is 208 Å². The molecule has 1 amide bonds. The lowest BCUT2D eigenvalue weighted by atomic mass is 9.89. The number of nitrogens with one attached hydrogen (secondary N) is 1. The maximum atomic E-state index is 13.7. The molecule has 182 valence electrons. The van der Waals surface area contributed by atoms with Crippen molar-refractivity contribution in [3.05, 3.63) is 95.6 Å². The maximum Gasteiger partial charge on any atom is 0.258 e. The van der Waals surface area contributed by atoms with Gasteiger partial charge in [-0.3, -0.25) is 4.79 Å². The quantitative estimate of drug-likeness (QED) is 0.389. The first-order valence-electron chi connectivity index (χ1n) is 12.8. The monoisotopic (exact) mass is 470 g/mol. The minimum Gasteiger partial charge on any atom is -0.494 e. The van der Waals surface area contributed by atoms with Gasteiger partial charge in [0.05, 0.1) is 18.3 Å². The molecule has 0 spiro atoms. The van der Waals surface area contributed by atoms with Gasteiger partial charge in [-0.2, -0.15) is 0 Å². The van der Waals surface area contributed by atoms with Crippen molar-refractivity contribution in [2.24, 2.45) is 0 Å². The van der Waals surface area contributed by atoms with Crippen LogP contribution in [-0.4, -0.2) is 36.7 Å². The van der Waals surface area contributed by atoms with E-state index in [-0.39, 0.29) is 12.0 Å². The second-order valence-corrected chi connectivity index (χ2v) is 9.40. The second kappa shape index (κ2) is 10.5. The molecular weight excluding hydrogens is 436 g/mol. The zero-order chi connectivity index (χ0) is 24.1. The number of rotatable bonds is 9. The first-order chi connectivity index (χ1) is 17.2. The van der Waals surface area contributed by atoms with Crippen LogP contribution in [0.4, 0.5) is 5.69 Å². The zero-order valence-electron chi connectivity index (χ0n) is 20.4. The molecular formula is C30H34N2O3. The molecule has 1 saturated heterocycles. The summed E-state index contributed by atoms with van der Waals surface area (Å²) >= 11 is 0. The molecule has 35 heavy (non-hydrogen) atoms. The van der Waals surface area contributed by atoms with Gasteiger partial charge in [-0.05, 0) is 67.5 Å². The highest BCUT2D eigenvalue weighted by atomic mass is 16.5. The number of nitrogens with zero attached hydrogens (tertiary/aromatic N) is 1. The summed E-state index contributed by atoms with van der Waals surface area (Å²) in [4.78, 5) is 15.7. The van der Waals surface area contributed by atoms with E-state index < -0.39 is 5.66 Å². The lowest BCUT2D eigenvalue weighted by Crippen LogP contribution is -2.59. The number of para-hydroxylation sites is 1. The van der Waals surface area contributed by atoms with Gasteiger partial charge in [0.15, 0.2) is 0 Å². The van der Waals surface area contributed by atoms with Gasteiger partial charge in [-0.15, -0.1) is 0 Å². The number of carbonyl (C=O) groups excluding carboxylic acids is 1. The number of hydrogen-bond donors (Lipinski definition) is 1. The summed E-state index contributed by atoms with van der Waals surface area (Å²) < 4.78 is 12.0. The highest BCUT2D eigenvalue weighted by Gasteiger charge is 2.45. The fourth-order valence-corrected chi connectivity index (χ4v) is 5.27. The molecule has 2 aliphatic heterocycles. The van der Waals surface area contributed by atoms with Crippen LogP contribution >= 0.6 is 0 Å². The molecule has 5 rings (SSSR count). The van der Waals surface area contributed by atoms with Crippen LogP contribution in [0, 0.1) is 0 Å². The van der Waals surface area contributed by atoms with E-state index in [1.54, 1.807) is 0 Å². The number of benzene rings is 3. The van der Waals surface area contributed by atoms with Crippen molar-refractivity contribution >= 4 is 11.6 Å². The fraction of sp³-hybridized carbons (Fsp3) is 0.367. The number of ether oxygens (including phenoxy) is 2. The first-order valence-corrected chi connectivity index (χ1v) is 12.8. The Morgan fingerprint density at radius 2 is 1.80 bits per heavy atom. The molecule has 1 N–H and O–H groups in total. The van der Waals surface area contributed by atoms with E-state index in [9.17, 15) is 4.79 Å². The van der Waals surface area contributed by atoms with E-state index >= 15 is 0 Å². The highest BCUT2D eigenvalue weighted by Crippen LogP contribution is 2.41. The van der Waals surface area contributed by atoms with Gasteiger partial charge in [0.2, 0.25) is 0 Å². The van der Waals surface area contributed by atoms with Crippen LogP contribution in [0.5, 0.6) is 5.75 Å². The first kappa shape index (κ1) is 23.4. The topological polar surface area (TPSA) is 50.8 Å². The molecule has 0 aromatic heterocycles. The number of fused-ring (bicyclic) bond motifs is 1. The summed E-state index contributed by atoms with van der Waals surface area (Å²) in [5.41, 5.74) is 3.34. The molecule has 5 nitrogen and oxygen atoms in total. The summed E-state index contributed by atoms with van der Waals surface area (Å²) in [6.45, 7) is 4.14. The van der Waals surface area contributed by atoms with Gasteiger partial charge in [-0.25, -0.2) is 0 Å². The lowest BCUT2D eigenvalue weighted by Gasteiger charge is -2.49. The van der Waals surface area contributed by atoms with Crippen LogP contribution in [0.2, 0.25) is 0 Å². The van der Waals surface area contributed by atoms with Crippen molar-refractivity contribution in [1.82, 2.24) is 4.90 Å². The van der Waals surface area contributed by atoms with E-state index in [4.69, 9.17) is 9.47 Å². The van der Waals surface area contributed by atoms with Gasteiger partial charge in [-0.1, -0.05) is 61.5 Å². The molecule has 3 aromatic rings. The molecule has 1 fully saturated rings. The van der Waals surface area contributed by atoms with Gasteiger partial charge < -0.3 is 19.7 Å². The van der Waals surface area contributed by atoms with Crippen molar-refractivity contribution in [3.63, 3.8) is 0 Å². The van der Waals surface area contributed by atoms with Crippen molar-refractivity contribution in [1.29, 1.82) is 0 Å². The molecule has 2 aliphatic rings. The van der Waals surface area contributed by atoms with Crippen LogP contribution in [0.1, 0.15) is 54.1 Å². The van der Waals surface area contributed by atoms with Crippen LogP contribution < -0.4 is 10.1 Å². The Kier molecular flexibility index (Phi) is 7.05. The van der Waals surface area contributed by atoms with Crippen molar-refractivity contribution in [2.45, 2.75) is 50.8 Å². The van der Waals surface area contributed by atoms with Crippen LogP contribution in [0.25, 0.3) is 0 Å². The normalized spacial score (nSPS) is 21.5. The van der Waals surface area contributed by atoms with E-state index in [1.165, 1.54) is 5.56 Å². The van der Waals surface area contributed by atoms with Crippen molar-refractivity contribution < 1.29 is 14.3 Å². The predicted molar refractivity (Wildman–Crippen MR) is 139 cm³/mol. The molecule has 0 bridgehead atoms. The Morgan fingerprint density at radius 3 is 2.54 bits per heavy atom. The van der Waals surface area contributed by atoms with E-state index in [1.807, 2.05) is 47.4 Å². The zero-order valence-corrected chi connectivity index (χ0v) is 20.4. The lowest BCUT2D eigenvalue weighted by molar-refractivity contribution is 0.0187. The molecule has 2 heterocycles. The largest absolute Gasteiger partial charge is 0.494 e. The van der Waals surface area contributed by atoms with E-state index in [0.29, 0.717) is 18.7 Å². The molecule has 2 atom stereocenters. The Morgan fingerprint density at radius 1 is 1.03 bits per heavy atom. The number of anilines is 1. The predicted octanol–water partition coefficient (Wildman–Crippen LogP) is 6.01. The molecule has 2 unspecified atom stereocenters. The third-order valence-corrected chi connectivity index (χ3v) is 7.18. The standard InChI is InChI=1S/C30H34N2O3/c1-2-30(24-16-18-25(19-17-24)34-20-8-12-23-10-4-3-5-11-23)31-28-15-7-6-14-27(28)29(33)32(30)22-26-13-9-21-35-26/h3-7,10-11,14-19,26,31H,2,8-9,12-13,20-22H2,1H3. The molecule has 0 radical (unpaired) electrons. The summed E-state index contributed by atoms with van der Waals surface area (Å²) in [5.74, 6) is 0.902. The van der Waals surface area contributed by atoms with E-state index in [2.05, 4.69) is 48.6 Å². The Bertz CT molecular complexity index is 1130. The van der Waals surface area contributed by atoms with Gasteiger partial charge in [0, 0.05) is 18.8 Å². The van der Waals surface area contributed by atoms with Crippen LogP contribution in [-0.2, 0) is 16.8 Å². The molecule has 5 heteroatoms. The third kappa shape index (κ3) is 4.92. The van der Waals surface area contributed by atoms with Crippen molar-refractivity contribution in [3.8, 4) is 5.75 Å². The Hall–Kier alpha value is -3.31. The minimum atomic E-state index is -0.636. The van der Waals surface area contributed by atoms with Gasteiger partial charge >= 0.3 is 0 Å². The van der Waals surface area contributed by atoms with Crippen LogP contribution in [0.15, 0.2) is 78.9 Å². The number of carbonyl (C=O) groups is 1. The summed E-state index contributed by atoms with van der Waals surface area (Å²) in [6, 6.07) is 26.5. The molecule has 0 aliphatic carbocycles. The third-order valence-electron chi connectivity index (χ3n) is 7.18. The summed E-state index contributed by atoms with van der Waals surface area (Å²) in [7, 11) is 0. The Balaban J connectivity index is 1.34. The smallest absolute Gasteiger partial charge is 0.258 e. The SMILES string of the molecule is CCC1(c2ccc(OCCCc3ccccc3)cc2)Nc2ccccc2C(=O)N1CC1CCCO1. The molecule has 0 saturated carbocycles. The fourth-order valence-electron chi connectivity index (χ4n) is 5.27. The van der Waals surface area contributed by atoms with Gasteiger partial charge in [0.1, 0.15) is 11.4 Å². The second-order valence-electron chi connectivity index (χ2n) is 9.40. The minimum absolute atomic E-state index is 0.0536. The number of aryl methyl sites for hydroxylation is 1. The summed E-state index contributed by atoms with van der Waals surface area (Å²) in [6.07, 6.45) is 4.81. The maximum absolute atomic E-state index is 13.7. The van der Waals surface area contributed by atoms with E-state index in [0.717, 1.165) is 55.7 Å². The summed E-state index contributed by atoms with van der Waals surface area (Å²) in [5, 5.41) is 3.73. The average Bonchev–Trinajstić information content (AvgIpc) is 3.43. The van der Waals surface area contributed by atoms with Gasteiger partial charge in [0.25, 0.3) is 5.91 Å². The van der Waals surface area contributed by atoms with Crippen molar-refractivity contribution in [2.75, 3.05) is 25.1 Å².